The molecule has 0 aliphatic rings. The molecule has 3 aromatic rings. The van der Waals surface area contributed by atoms with Crippen LogP contribution in [0.25, 0.3) is 11.0 Å². The summed E-state index contributed by atoms with van der Waals surface area (Å²) >= 11 is 0. The number of hydrogen-bond donors (Lipinski definition) is 2. The summed E-state index contributed by atoms with van der Waals surface area (Å²) in [7, 11) is 0. The van der Waals surface area contributed by atoms with Gasteiger partial charge < -0.3 is 14.9 Å². The van der Waals surface area contributed by atoms with E-state index < -0.39 is 0 Å². The molecule has 3 rings (SSSR count). The first-order valence-corrected chi connectivity index (χ1v) is 8.19. The van der Waals surface area contributed by atoms with Gasteiger partial charge in [-0.1, -0.05) is 19.9 Å². The molecule has 0 aliphatic carbocycles. The minimum absolute atomic E-state index is 0.615. The van der Waals surface area contributed by atoms with E-state index in [9.17, 15) is 0 Å². The quantitative estimate of drug-likeness (QED) is 0.734. The highest BCUT2D eigenvalue weighted by molar-refractivity contribution is 5.79. The molecule has 0 fully saturated rings. The van der Waals surface area contributed by atoms with E-state index in [0.717, 1.165) is 36.5 Å². The molecule has 5 heteroatoms. The van der Waals surface area contributed by atoms with Crippen molar-refractivity contribution in [2.45, 2.75) is 47.3 Å². The Kier molecular flexibility index (Phi) is 4.48. The number of H-pyrrole nitrogens is 1. The smallest absolute Gasteiger partial charge is 0.121 e. The second kappa shape index (κ2) is 6.54. The van der Waals surface area contributed by atoms with Crippen molar-refractivity contribution in [2.24, 2.45) is 5.92 Å². The Hall–Kier alpha value is -2.14. The minimum Gasteiger partial charge on any atom is -0.341 e. The lowest BCUT2D eigenvalue weighted by Gasteiger charge is -2.10. The van der Waals surface area contributed by atoms with E-state index in [2.05, 4.69) is 59.7 Å². The van der Waals surface area contributed by atoms with Crippen LogP contribution in [-0.2, 0) is 19.6 Å². The predicted molar refractivity (Wildman–Crippen MR) is 93.2 cm³/mol. The van der Waals surface area contributed by atoms with Crippen LogP contribution in [0, 0.1) is 19.8 Å². The van der Waals surface area contributed by atoms with Crippen LogP contribution < -0.4 is 5.32 Å². The molecule has 0 saturated carbocycles. The van der Waals surface area contributed by atoms with Crippen LogP contribution in [-0.4, -0.2) is 19.5 Å². The molecule has 23 heavy (non-hydrogen) atoms. The summed E-state index contributed by atoms with van der Waals surface area (Å²) in [5, 5.41) is 3.46. The van der Waals surface area contributed by atoms with E-state index in [1.807, 2.05) is 12.5 Å². The topological polar surface area (TPSA) is 58.5 Å². The van der Waals surface area contributed by atoms with Crippen LogP contribution in [0.3, 0.4) is 0 Å². The Morgan fingerprint density at radius 2 is 2.04 bits per heavy atom. The van der Waals surface area contributed by atoms with Gasteiger partial charge in [0, 0.05) is 19.3 Å². The maximum absolute atomic E-state index is 4.72. The van der Waals surface area contributed by atoms with Crippen molar-refractivity contribution in [2.75, 3.05) is 0 Å². The lowest BCUT2D eigenvalue weighted by molar-refractivity contribution is 0.499. The summed E-state index contributed by atoms with van der Waals surface area (Å²) in [5.41, 5.74) is 5.92. The van der Waals surface area contributed by atoms with Gasteiger partial charge in [-0.15, -0.1) is 0 Å². The molecule has 1 aromatic carbocycles. The fourth-order valence-corrected chi connectivity index (χ4v) is 2.81. The Bertz CT molecular complexity index is 797. The van der Waals surface area contributed by atoms with Crippen LogP contribution in [0.1, 0.15) is 36.5 Å². The van der Waals surface area contributed by atoms with Gasteiger partial charge in [-0.3, -0.25) is 0 Å². The number of hydrogen-bond acceptors (Lipinski definition) is 3. The maximum Gasteiger partial charge on any atom is 0.121 e. The maximum atomic E-state index is 4.72. The second-order valence-electron chi connectivity index (χ2n) is 6.62. The number of aromatic amines is 1. The molecule has 0 radical (unpaired) electrons. The SMILES string of the molecule is Cc1ccc2[nH]c(CNCc3cncn3CC(C)C)nc2c1C. The summed E-state index contributed by atoms with van der Waals surface area (Å²) < 4.78 is 2.21. The van der Waals surface area contributed by atoms with Crippen LogP contribution in [0.2, 0.25) is 0 Å². The van der Waals surface area contributed by atoms with E-state index in [-0.39, 0.29) is 0 Å². The molecule has 2 N–H and O–H groups in total. The fourth-order valence-electron chi connectivity index (χ4n) is 2.81. The number of fused-ring (bicyclic) bond motifs is 1. The summed E-state index contributed by atoms with van der Waals surface area (Å²) in [5.74, 6) is 1.59. The zero-order valence-corrected chi connectivity index (χ0v) is 14.3. The van der Waals surface area contributed by atoms with Gasteiger partial charge >= 0.3 is 0 Å². The first-order valence-electron chi connectivity index (χ1n) is 8.19. The number of benzene rings is 1. The molecule has 0 bridgehead atoms. The molecule has 0 spiro atoms. The molecule has 2 heterocycles. The zero-order valence-electron chi connectivity index (χ0n) is 14.3. The van der Waals surface area contributed by atoms with Gasteiger partial charge in [-0.25, -0.2) is 9.97 Å². The molecule has 0 amide bonds. The Balaban J connectivity index is 1.65. The predicted octanol–water partition coefficient (Wildman–Crippen LogP) is 3.32. The monoisotopic (exact) mass is 311 g/mol. The van der Waals surface area contributed by atoms with Crippen molar-refractivity contribution in [3.8, 4) is 0 Å². The van der Waals surface area contributed by atoms with Crippen LogP contribution in [0.15, 0.2) is 24.7 Å². The standard InChI is InChI=1S/C18H25N5/c1-12(2)10-23-11-20-8-15(23)7-19-9-17-21-16-6-5-13(3)14(4)18(16)22-17/h5-6,8,11-12,19H,7,9-10H2,1-4H3,(H,21,22). The van der Waals surface area contributed by atoms with Gasteiger partial charge in [-0.05, 0) is 37.0 Å². The van der Waals surface area contributed by atoms with Gasteiger partial charge in [0.15, 0.2) is 0 Å². The molecular formula is C18H25N5. The first kappa shape index (κ1) is 15.7. The summed E-state index contributed by atoms with van der Waals surface area (Å²) in [6.45, 7) is 11.2. The second-order valence-corrected chi connectivity index (χ2v) is 6.62. The van der Waals surface area contributed by atoms with E-state index >= 15 is 0 Å². The number of imidazole rings is 2. The van der Waals surface area contributed by atoms with E-state index in [1.165, 1.54) is 16.8 Å². The molecule has 2 aromatic heterocycles. The van der Waals surface area contributed by atoms with Crippen LogP contribution in [0.4, 0.5) is 0 Å². The highest BCUT2D eigenvalue weighted by atomic mass is 15.1. The lowest BCUT2D eigenvalue weighted by Crippen LogP contribution is -2.17. The van der Waals surface area contributed by atoms with Gasteiger partial charge in [0.2, 0.25) is 0 Å². The number of aryl methyl sites for hydroxylation is 2. The van der Waals surface area contributed by atoms with Crippen LogP contribution >= 0.6 is 0 Å². The zero-order chi connectivity index (χ0) is 16.4. The third kappa shape index (κ3) is 3.45. The summed E-state index contributed by atoms with van der Waals surface area (Å²) in [6, 6.07) is 4.24. The number of aromatic nitrogens is 4. The molecule has 0 atom stereocenters. The average Bonchev–Trinajstić information content (AvgIpc) is 3.10. The molecule has 0 saturated heterocycles. The van der Waals surface area contributed by atoms with E-state index in [0.29, 0.717) is 5.92 Å². The first-order chi connectivity index (χ1) is 11.0. The molecule has 0 unspecified atom stereocenters. The molecular weight excluding hydrogens is 286 g/mol. The molecule has 122 valence electrons. The Morgan fingerprint density at radius 3 is 2.83 bits per heavy atom. The average molecular weight is 311 g/mol. The minimum atomic E-state index is 0.615. The van der Waals surface area contributed by atoms with Crippen molar-refractivity contribution in [1.29, 1.82) is 0 Å². The third-order valence-electron chi connectivity index (χ3n) is 4.19. The van der Waals surface area contributed by atoms with Crippen molar-refractivity contribution in [3.63, 3.8) is 0 Å². The lowest BCUT2D eigenvalue weighted by atomic mass is 10.1. The highest BCUT2D eigenvalue weighted by Gasteiger charge is 2.08. The molecule has 0 aliphatic heterocycles. The number of rotatable bonds is 6. The van der Waals surface area contributed by atoms with E-state index in [4.69, 9.17) is 4.98 Å². The van der Waals surface area contributed by atoms with Gasteiger partial charge in [0.1, 0.15) is 5.82 Å². The van der Waals surface area contributed by atoms with Gasteiger partial charge in [-0.2, -0.15) is 0 Å². The molecule has 5 nitrogen and oxygen atoms in total. The summed E-state index contributed by atoms with van der Waals surface area (Å²) in [6.07, 6.45) is 3.84. The van der Waals surface area contributed by atoms with Gasteiger partial charge in [0.05, 0.1) is 29.6 Å². The van der Waals surface area contributed by atoms with Crippen molar-refractivity contribution in [3.05, 3.63) is 47.3 Å². The normalized spacial score (nSPS) is 11.7. The van der Waals surface area contributed by atoms with Gasteiger partial charge in [0.25, 0.3) is 0 Å². The van der Waals surface area contributed by atoms with Crippen molar-refractivity contribution >= 4 is 11.0 Å². The number of nitrogens with zero attached hydrogens (tertiary/aromatic N) is 3. The van der Waals surface area contributed by atoms with Crippen molar-refractivity contribution < 1.29 is 0 Å². The van der Waals surface area contributed by atoms with E-state index in [1.54, 1.807) is 0 Å². The van der Waals surface area contributed by atoms with Crippen LogP contribution in [0.5, 0.6) is 0 Å². The Labute approximate surface area is 137 Å². The Morgan fingerprint density at radius 1 is 1.22 bits per heavy atom. The van der Waals surface area contributed by atoms with Crippen molar-refractivity contribution in [1.82, 2.24) is 24.8 Å². The largest absolute Gasteiger partial charge is 0.341 e. The fraction of sp³-hybridized carbons (Fsp3) is 0.444. The third-order valence-corrected chi connectivity index (χ3v) is 4.19. The number of nitrogens with one attached hydrogen (secondary N) is 2. The summed E-state index contributed by atoms with van der Waals surface area (Å²) in [4.78, 5) is 12.4. The highest BCUT2D eigenvalue weighted by Crippen LogP contribution is 2.19.